The fraction of sp³-hybridized carbons (Fsp3) is 0.346. The molecular weight excluding hydrogens is 420 g/mol. The number of esters is 1. The molecule has 0 unspecified atom stereocenters. The molecule has 1 aliphatic rings. The quantitative estimate of drug-likeness (QED) is 0.465. The van der Waals surface area contributed by atoms with E-state index in [1.807, 2.05) is 36.4 Å². The number of nitrogens with zero attached hydrogens (tertiary/aromatic N) is 1. The van der Waals surface area contributed by atoms with Crippen LogP contribution in [0.5, 0.6) is 0 Å². The number of carbonyl (C=O) groups is 3. The Morgan fingerprint density at radius 2 is 1.61 bits per heavy atom. The second-order valence-corrected chi connectivity index (χ2v) is 8.37. The summed E-state index contributed by atoms with van der Waals surface area (Å²) in [7, 11) is 1.48. The predicted octanol–water partition coefficient (Wildman–Crippen LogP) is 3.74. The summed E-state index contributed by atoms with van der Waals surface area (Å²) < 4.78 is 10.6. The maximum Gasteiger partial charge on any atom is 0.409 e. The number of benzene rings is 2. The van der Waals surface area contributed by atoms with Gasteiger partial charge < -0.3 is 19.7 Å². The van der Waals surface area contributed by atoms with Crippen molar-refractivity contribution in [1.29, 1.82) is 0 Å². The molecule has 2 amide bonds. The molecule has 2 aromatic rings. The lowest BCUT2D eigenvalue weighted by Gasteiger charge is -2.23. The van der Waals surface area contributed by atoms with Crippen LogP contribution in [0.15, 0.2) is 61.2 Å². The van der Waals surface area contributed by atoms with Gasteiger partial charge in [0.25, 0.3) is 0 Å². The molecule has 2 aromatic carbocycles. The number of nitrogens with one attached hydrogen (secondary N) is 1. The van der Waals surface area contributed by atoms with Crippen LogP contribution < -0.4 is 5.32 Å². The van der Waals surface area contributed by atoms with Crippen molar-refractivity contribution in [1.82, 2.24) is 10.2 Å². The van der Waals surface area contributed by atoms with Crippen LogP contribution in [0.3, 0.4) is 0 Å². The van der Waals surface area contributed by atoms with Crippen LogP contribution in [0.25, 0.3) is 11.1 Å². The van der Waals surface area contributed by atoms with E-state index in [1.165, 1.54) is 18.0 Å². The van der Waals surface area contributed by atoms with Crippen molar-refractivity contribution in [2.45, 2.75) is 25.8 Å². The predicted molar refractivity (Wildman–Crippen MR) is 126 cm³/mol. The molecule has 0 saturated heterocycles. The monoisotopic (exact) mass is 450 g/mol. The first-order valence-corrected chi connectivity index (χ1v) is 11.0. The van der Waals surface area contributed by atoms with Gasteiger partial charge in [0.1, 0.15) is 25.8 Å². The van der Waals surface area contributed by atoms with E-state index in [9.17, 15) is 14.4 Å². The molecule has 3 rings (SSSR count). The van der Waals surface area contributed by atoms with Gasteiger partial charge in [0.05, 0.1) is 0 Å². The molecule has 0 spiro atoms. The van der Waals surface area contributed by atoms with Crippen LogP contribution in [0.4, 0.5) is 4.79 Å². The fourth-order valence-corrected chi connectivity index (χ4v) is 3.93. The first-order chi connectivity index (χ1) is 15.8. The van der Waals surface area contributed by atoms with Gasteiger partial charge in [-0.2, -0.15) is 0 Å². The van der Waals surface area contributed by atoms with Crippen LogP contribution in [-0.2, 0) is 19.1 Å². The number of ether oxygens (including phenoxy) is 2. The van der Waals surface area contributed by atoms with Crippen molar-refractivity contribution in [2.24, 2.45) is 5.92 Å². The topological polar surface area (TPSA) is 84.9 Å². The zero-order valence-electron chi connectivity index (χ0n) is 19.2. The Labute approximate surface area is 194 Å². The van der Waals surface area contributed by atoms with Crippen molar-refractivity contribution in [3.8, 4) is 11.1 Å². The van der Waals surface area contributed by atoms with Gasteiger partial charge in [0, 0.05) is 13.0 Å². The highest BCUT2D eigenvalue weighted by atomic mass is 16.6. The van der Waals surface area contributed by atoms with E-state index in [2.05, 4.69) is 24.0 Å². The third kappa shape index (κ3) is 5.61. The lowest BCUT2D eigenvalue weighted by molar-refractivity contribution is -0.148. The van der Waals surface area contributed by atoms with Crippen molar-refractivity contribution in [3.05, 3.63) is 72.3 Å². The average Bonchev–Trinajstić information content (AvgIpc) is 3.13. The minimum absolute atomic E-state index is 0.0615. The second kappa shape index (κ2) is 10.8. The van der Waals surface area contributed by atoms with E-state index in [4.69, 9.17) is 9.47 Å². The van der Waals surface area contributed by atoms with E-state index in [0.717, 1.165) is 22.3 Å². The first kappa shape index (κ1) is 24.0. The summed E-state index contributed by atoms with van der Waals surface area (Å²) in [5.74, 6) is -1.25. The molecule has 0 aliphatic heterocycles. The highest BCUT2D eigenvalue weighted by molar-refractivity contribution is 5.87. The molecule has 0 fully saturated rings. The Morgan fingerprint density at radius 1 is 1.03 bits per heavy atom. The maximum absolute atomic E-state index is 12.6. The molecule has 0 saturated carbocycles. The van der Waals surface area contributed by atoms with Gasteiger partial charge in [-0.25, -0.2) is 9.59 Å². The Balaban J connectivity index is 1.57. The summed E-state index contributed by atoms with van der Waals surface area (Å²) in [5.41, 5.74) is 4.52. The normalized spacial score (nSPS) is 13.0. The molecule has 174 valence electrons. The summed E-state index contributed by atoms with van der Waals surface area (Å²) in [6, 6.07) is 15.3. The Bertz CT molecular complexity index is 987. The van der Waals surface area contributed by atoms with E-state index < -0.39 is 24.0 Å². The Kier molecular flexibility index (Phi) is 7.87. The highest BCUT2D eigenvalue weighted by Crippen LogP contribution is 2.44. The zero-order chi connectivity index (χ0) is 24.0. The Hall–Kier alpha value is -3.61. The summed E-state index contributed by atoms with van der Waals surface area (Å²) in [6.07, 6.45) is 0.851. The number of fused-ring (bicyclic) bond motifs is 3. The van der Waals surface area contributed by atoms with Crippen LogP contribution in [0, 0.1) is 5.92 Å². The standard InChI is InChI=1S/C26H30N2O5/c1-5-14-32-25(30)24(17(2)3)27-23(29)15-28(4)26(31)33-16-22-20-12-8-6-10-18(20)19-11-7-9-13-21(19)22/h5-13,17,22,24H,1,14-16H2,2-4H3,(H,27,29)/t24-/m0/s1. The van der Waals surface area contributed by atoms with Gasteiger partial charge in [0.15, 0.2) is 0 Å². The largest absolute Gasteiger partial charge is 0.460 e. The number of hydrogen-bond donors (Lipinski definition) is 1. The maximum atomic E-state index is 12.6. The van der Waals surface area contributed by atoms with Crippen molar-refractivity contribution < 1.29 is 23.9 Å². The zero-order valence-corrected chi connectivity index (χ0v) is 19.2. The lowest BCUT2D eigenvalue weighted by atomic mass is 9.98. The molecule has 0 bridgehead atoms. The van der Waals surface area contributed by atoms with Gasteiger partial charge in [-0.1, -0.05) is 75.0 Å². The first-order valence-electron chi connectivity index (χ1n) is 11.0. The van der Waals surface area contributed by atoms with Crippen LogP contribution in [0.1, 0.15) is 30.9 Å². The summed E-state index contributed by atoms with van der Waals surface area (Å²) in [6.45, 7) is 7.10. The van der Waals surface area contributed by atoms with Crippen LogP contribution in [-0.4, -0.2) is 55.7 Å². The smallest absolute Gasteiger partial charge is 0.409 e. The average molecular weight is 451 g/mol. The summed E-state index contributed by atoms with van der Waals surface area (Å²) >= 11 is 0. The van der Waals surface area contributed by atoms with Crippen molar-refractivity contribution in [2.75, 3.05) is 26.8 Å². The molecule has 0 radical (unpaired) electrons. The van der Waals surface area contributed by atoms with E-state index in [-0.39, 0.29) is 31.6 Å². The van der Waals surface area contributed by atoms with E-state index in [1.54, 1.807) is 13.8 Å². The number of likely N-dealkylation sites (N-methyl/N-ethyl adjacent to an activating group) is 1. The summed E-state index contributed by atoms with van der Waals surface area (Å²) in [4.78, 5) is 38.4. The van der Waals surface area contributed by atoms with E-state index in [0.29, 0.717) is 0 Å². The molecule has 0 aromatic heterocycles. The van der Waals surface area contributed by atoms with Gasteiger partial charge >= 0.3 is 12.1 Å². The SMILES string of the molecule is C=CCOC(=O)[C@@H](NC(=O)CN(C)C(=O)OCC1c2ccccc2-c2ccccc21)C(C)C. The molecular formula is C26H30N2O5. The summed E-state index contributed by atoms with van der Waals surface area (Å²) in [5, 5.41) is 2.64. The molecule has 7 heteroatoms. The molecule has 0 heterocycles. The molecule has 1 N–H and O–H groups in total. The third-order valence-electron chi connectivity index (χ3n) is 5.61. The van der Waals surface area contributed by atoms with Gasteiger partial charge in [-0.05, 0) is 28.2 Å². The van der Waals surface area contributed by atoms with Crippen molar-refractivity contribution >= 4 is 18.0 Å². The number of rotatable bonds is 9. The van der Waals surface area contributed by atoms with Crippen LogP contribution >= 0.6 is 0 Å². The molecule has 7 nitrogen and oxygen atoms in total. The van der Waals surface area contributed by atoms with Gasteiger partial charge in [-0.15, -0.1) is 0 Å². The lowest BCUT2D eigenvalue weighted by Crippen LogP contribution is -2.49. The highest BCUT2D eigenvalue weighted by Gasteiger charge is 2.30. The number of amides is 2. The molecule has 1 atom stereocenters. The molecule has 33 heavy (non-hydrogen) atoms. The second-order valence-electron chi connectivity index (χ2n) is 8.37. The molecule has 1 aliphatic carbocycles. The minimum atomic E-state index is -0.812. The van der Waals surface area contributed by atoms with Crippen LogP contribution in [0.2, 0.25) is 0 Å². The number of hydrogen-bond acceptors (Lipinski definition) is 5. The third-order valence-corrected chi connectivity index (χ3v) is 5.61. The minimum Gasteiger partial charge on any atom is -0.460 e. The van der Waals surface area contributed by atoms with E-state index >= 15 is 0 Å². The van der Waals surface area contributed by atoms with Gasteiger partial charge in [-0.3, -0.25) is 4.79 Å². The van der Waals surface area contributed by atoms with Gasteiger partial charge in [0.2, 0.25) is 5.91 Å². The number of carbonyl (C=O) groups excluding carboxylic acids is 3. The fourth-order valence-electron chi connectivity index (χ4n) is 3.93. The van der Waals surface area contributed by atoms with Crippen molar-refractivity contribution in [3.63, 3.8) is 0 Å². The Morgan fingerprint density at radius 3 is 2.15 bits per heavy atom.